The third kappa shape index (κ3) is 6.47. The molecule has 4 bridgehead atoms. The number of carbonyl (C=O) groups excluding carboxylic acids is 1. The molecule has 0 spiro atoms. The first-order valence-electron chi connectivity index (χ1n) is 13.0. The van der Waals surface area contributed by atoms with Crippen LogP contribution in [0.15, 0.2) is 77.7 Å². The van der Waals surface area contributed by atoms with Gasteiger partial charge in [0, 0.05) is 24.3 Å². The predicted octanol–water partition coefficient (Wildman–Crippen LogP) is 4.45. The van der Waals surface area contributed by atoms with E-state index < -0.39 is 22.0 Å². The molecule has 10 nitrogen and oxygen atoms in total. The summed E-state index contributed by atoms with van der Waals surface area (Å²) in [7, 11) is -2.51. The van der Waals surface area contributed by atoms with Gasteiger partial charge in [-0.1, -0.05) is 36.4 Å². The number of amides is 1. The fourth-order valence-corrected chi connectivity index (χ4v) is 5.53. The standard InChI is InChI=1S/C30H30N4O6S/c1-19-6-4-7-20(2)28(19)25-17-27-33-30(32-25)34-41(36,37)24-9-5-8-22(16-24)29(35)31-18-26(40-27)21-10-12-23(13-11-21)39-15-14-38-3/h4-13,16-17,26H,14-15,18H2,1-3H3,(H,31,35)(H,32,33,34). The molecule has 41 heavy (non-hydrogen) atoms. The summed E-state index contributed by atoms with van der Waals surface area (Å²) in [6.07, 6.45) is -0.666. The van der Waals surface area contributed by atoms with Gasteiger partial charge in [-0.05, 0) is 60.9 Å². The van der Waals surface area contributed by atoms with Crippen LogP contribution in [0.2, 0.25) is 0 Å². The highest BCUT2D eigenvalue weighted by molar-refractivity contribution is 7.92. The first kappa shape index (κ1) is 28.1. The van der Waals surface area contributed by atoms with Gasteiger partial charge in [0.05, 0.1) is 23.7 Å². The van der Waals surface area contributed by atoms with Crippen molar-refractivity contribution in [3.05, 3.63) is 95.1 Å². The molecule has 5 rings (SSSR count). The quantitative estimate of drug-likeness (QED) is 0.323. The van der Waals surface area contributed by atoms with E-state index in [1.165, 1.54) is 18.2 Å². The molecule has 0 radical (unpaired) electrons. The molecule has 1 amide bonds. The largest absolute Gasteiger partial charge is 0.491 e. The van der Waals surface area contributed by atoms with Crippen LogP contribution in [0.5, 0.6) is 11.6 Å². The average molecular weight is 575 g/mol. The number of benzene rings is 3. The van der Waals surface area contributed by atoms with E-state index in [1.54, 1.807) is 19.2 Å². The number of nitrogens with zero attached hydrogens (tertiary/aromatic N) is 2. The van der Waals surface area contributed by atoms with E-state index in [0.29, 0.717) is 24.7 Å². The molecular formula is C30H30N4O6S. The third-order valence-electron chi connectivity index (χ3n) is 6.59. The summed E-state index contributed by atoms with van der Waals surface area (Å²) in [5.41, 5.74) is 4.20. The van der Waals surface area contributed by atoms with Crippen molar-refractivity contribution >= 4 is 21.9 Å². The van der Waals surface area contributed by atoms with Gasteiger partial charge in [0.15, 0.2) is 0 Å². The zero-order chi connectivity index (χ0) is 29.0. The number of hydrogen-bond donors (Lipinski definition) is 2. The minimum atomic E-state index is -4.11. The first-order chi connectivity index (χ1) is 19.7. The number of anilines is 1. The summed E-state index contributed by atoms with van der Waals surface area (Å²) >= 11 is 0. The molecular weight excluding hydrogens is 544 g/mol. The molecule has 3 aromatic carbocycles. The maximum Gasteiger partial charge on any atom is 0.264 e. The van der Waals surface area contributed by atoms with E-state index in [0.717, 1.165) is 22.3 Å². The number of aryl methyl sites for hydroxylation is 2. The lowest BCUT2D eigenvalue weighted by molar-refractivity contribution is 0.0925. The zero-order valence-electron chi connectivity index (χ0n) is 22.9. The van der Waals surface area contributed by atoms with Gasteiger partial charge in [-0.2, -0.15) is 4.98 Å². The van der Waals surface area contributed by atoms with Crippen molar-refractivity contribution in [2.75, 3.05) is 31.6 Å². The van der Waals surface area contributed by atoms with Gasteiger partial charge in [-0.3, -0.25) is 4.79 Å². The van der Waals surface area contributed by atoms with Gasteiger partial charge < -0.3 is 19.5 Å². The van der Waals surface area contributed by atoms with Crippen LogP contribution >= 0.6 is 0 Å². The molecule has 2 N–H and O–H groups in total. The van der Waals surface area contributed by atoms with E-state index in [2.05, 4.69) is 20.0 Å². The van der Waals surface area contributed by atoms with Crippen molar-refractivity contribution in [1.82, 2.24) is 15.3 Å². The molecule has 212 valence electrons. The van der Waals surface area contributed by atoms with Gasteiger partial charge >= 0.3 is 0 Å². The number of sulfonamides is 1. The number of fused-ring (bicyclic) bond motifs is 4. The number of carbonyl (C=O) groups is 1. The second-order valence-electron chi connectivity index (χ2n) is 9.54. The van der Waals surface area contributed by atoms with Crippen LogP contribution in [0.4, 0.5) is 5.95 Å². The van der Waals surface area contributed by atoms with Gasteiger partial charge in [0.2, 0.25) is 11.8 Å². The Hall–Kier alpha value is -4.48. The topological polar surface area (TPSA) is 129 Å². The summed E-state index contributed by atoms with van der Waals surface area (Å²) in [6.45, 7) is 4.87. The minimum Gasteiger partial charge on any atom is -0.491 e. The van der Waals surface area contributed by atoms with Gasteiger partial charge in [-0.15, -0.1) is 0 Å². The molecule has 1 aromatic heterocycles. The molecule has 1 atom stereocenters. The van der Waals surface area contributed by atoms with Crippen LogP contribution in [0.3, 0.4) is 0 Å². The Morgan fingerprint density at radius 3 is 2.41 bits per heavy atom. The Balaban J connectivity index is 1.60. The second-order valence-corrected chi connectivity index (χ2v) is 11.2. The summed E-state index contributed by atoms with van der Waals surface area (Å²) in [4.78, 5) is 21.9. The molecule has 0 aliphatic carbocycles. The van der Waals surface area contributed by atoms with E-state index in [1.807, 2.05) is 56.3 Å². The number of aromatic nitrogens is 2. The third-order valence-corrected chi connectivity index (χ3v) is 7.92. The number of nitrogens with one attached hydrogen (secondary N) is 2. The van der Waals surface area contributed by atoms with Crippen LogP contribution in [0.25, 0.3) is 11.3 Å². The molecule has 1 aliphatic rings. The molecule has 1 aliphatic heterocycles. The lowest BCUT2D eigenvalue weighted by atomic mass is 10.00. The Morgan fingerprint density at radius 1 is 0.951 bits per heavy atom. The molecule has 0 saturated heterocycles. The van der Waals surface area contributed by atoms with E-state index in [-0.39, 0.29) is 28.8 Å². The summed E-state index contributed by atoms with van der Waals surface area (Å²) in [6, 6.07) is 20.6. The Kier molecular flexibility index (Phi) is 8.18. The number of methoxy groups -OCH3 is 1. The zero-order valence-corrected chi connectivity index (χ0v) is 23.7. The molecule has 0 fully saturated rings. The Morgan fingerprint density at radius 2 is 1.68 bits per heavy atom. The Bertz CT molecular complexity index is 1650. The molecule has 1 unspecified atom stereocenters. The van der Waals surface area contributed by atoms with Gasteiger partial charge in [0.1, 0.15) is 18.5 Å². The van der Waals surface area contributed by atoms with Crippen LogP contribution in [0, 0.1) is 13.8 Å². The highest BCUT2D eigenvalue weighted by atomic mass is 32.2. The first-order valence-corrected chi connectivity index (χ1v) is 14.5. The Labute approximate surface area is 238 Å². The fourth-order valence-electron chi connectivity index (χ4n) is 4.54. The molecule has 11 heteroatoms. The highest BCUT2D eigenvalue weighted by Crippen LogP contribution is 2.31. The van der Waals surface area contributed by atoms with Crippen LogP contribution < -0.4 is 19.5 Å². The highest BCUT2D eigenvalue weighted by Gasteiger charge is 2.23. The molecule has 4 aromatic rings. The monoisotopic (exact) mass is 574 g/mol. The lowest BCUT2D eigenvalue weighted by Crippen LogP contribution is -2.30. The SMILES string of the molecule is COCCOc1ccc(C2CNC(=O)c3cccc(c3)S(=O)(=O)Nc3nc(cc(-c4c(C)cccc4C)n3)O2)cc1. The van der Waals surface area contributed by atoms with Crippen LogP contribution in [0.1, 0.15) is 33.2 Å². The van der Waals surface area contributed by atoms with Crippen molar-refractivity contribution < 1.29 is 27.4 Å². The molecule has 2 heterocycles. The van der Waals surface area contributed by atoms with Crippen molar-refractivity contribution in [3.8, 4) is 22.9 Å². The molecule has 0 saturated carbocycles. The fraction of sp³-hybridized carbons (Fsp3) is 0.233. The van der Waals surface area contributed by atoms with Gasteiger partial charge in [0.25, 0.3) is 15.9 Å². The van der Waals surface area contributed by atoms with Crippen LogP contribution in [-0.2, 0) is 14.8 Å². The van der Waals surface area contributed by atoms with Gasteiger partial charge in [-0.25, -0.2) is 18.1 Å². The van der Waals surface area contributed by atoms with Crippen molar-refractivity contribution in [2.24, 2.45) is 0 Å². The number of ether oxygens (including phenoxy) is 3. The summed E-state index contributed by atoms with van der Waals surface area (Å²) in [5, 5.41) is 2.86. The van der Waals surface area contributed by atoms with E-state index >= 15 is 0 Å². The van der Waals surface area contributed by atoms with E-state index in [4.69, 9.17) is 14.2 Å². The number of hydrogen-bond acceptors (Lipinski definition) is 8. The van der Waals surface area contributed by atoms with Crippen molar-refractivity contribution in [3.63, 3.8) is 0 Å². The van der Waals surface area contributed by atoms with Crippen LogP contribution in [-0.4, -0.2) is 51.2 Å². The van der Waals surface area contributed by atoms with Crippen molar-refractivity contribution in [2.45, 2.75) is 24.8 Å². The smallest absolute Gasteiger partial charge is 0.264 e. The average Bonchev–Trinajstić information content (AvgIpc) is 2.95. The second kappa shape index (κ2) is 11.9. The summed E-state index contributed by atoms with van der Waals surface area (Å²) < 4.78 is 46.1. The minimum absolute atomic E-state index is 0.0885. The maximum atomic E-state index is 13.3. The predicted molar refractivity (Wildman–Crippen MR) is 154 cm³/mol. The normalized spacial score (nSPS) is 16.2. The maximum absolute atomic E-state index is 13.3. The lowest BCUT2D eigenvalue weighted by Gasteiger charge is -2.21. The van der Waals surface area contributed by atoms with Crippen molar-refractivity contribution in [1.29, 1.82) is 0 Å². The summed E-state index contributed by atoms with van der Waals surface area (Å²) in [5.74, 6) is 0.210. The van der Waals surface area contributed by atoms with E-state index in [9.17, 15) is 13.2 Å². The number of rotatable bonds is 6.